The molecule has 0 aromatic carbocycles. The smallest absolute Gasteiger partial charge is 0.337 e. The van der Waals surface area contributed by atoms with E-state index in [0.717, 1.165) is 0 Å². The molecular formula is C22H35FN2O3Si. The summed E-state index contributed by atoms with van der Waals surface area (Å²) in [6.07, 6.45) is 6.95. The Hall–Kier alpha value is -2.07. The Morgan fingerprint density at radius 3 is 2.07 bits per heavy atom. The largest absolute Gasteiger partial charge is 0.497 e. The fraction of sp³-hybridized carbons (Fsp3) is 0.636. The van der Waals surface area contributed by atoms with Crippen molar-refractivity contribution in [1.29, 1.82) is 0 Å². The van der Waals surface area contributed by atoms with Crippen LogP contribution in [-0.4, -0.2) is 33.0 Å². The summed E-state index contributed by atoms with van der Waals surface area (Å²) >= 11 is 0. The fourth-order valence-corrected chi connectivity index (χ4v) is 8.03. The van der Waals surface area contributed by atoms with Gasteiger partial charge in [0.05, 0.1) is 12.5 Å². The Morgan fingerprint density at radius 1 is 1.17 bits per heavy atom. The van der Waals surface area contributed by atoms with Gasteiger partial charge in [-0.25, -0.2) is 9.78 Å². The van der Waals surface area contributed by atoms with Gasteiger partial charge in [-0.2, -0.15) is 5.06 Å². The number of carbonyl (C=O) groups excluding carboxylic acids is 1. The molecule has 7 heteroatoms. The van der Waals surface area contributed by atoms with Crippen LogP contribution < -0.4 is 15.0 Å². The van der Waals surface area contributed by atoms with E-state index in [1.165, 1.54) is 18.4 Å². The molecule has 1 rings (SSSR count). The monoisotopic (exact) mass is 422 g/mol. The normalized spacial score (nSPS) is 12.9. The van der Waals surface area contributed by atoms with Gasteiger partial charge in [-0.3, -0.25) is 0 Å². The van der Waals surface area contributed by atoms with E-state index in [2.05, 4.69) is 10.9 Å². The van der Waals surface area contributed by atoms with E-state index in [-0.39, 0.29) is 6.54 Å². The highest BCUT2D eigenvalue weighted by atomic mass is 28.4. The molecule has 1 aromatic rings. The van der Waals surface area contributed by atoms with Crippen molar-refractivity contribution in [2.45, 2.75) is 72.4 Å². The lowest BCUT2D eigenvalue weighted by Gasteiger charge is -2.45. The summed E-state index contributed by atoms with van der Waals surface area (Å²) in [5.74, 6) is 2.68. The number of ether oxygens (including phenoxy) is 1. The lowest BCUT2D eigenvalue weighted by molar-refractivity contribution is -0.154. The number of hydrogen-bond acceptors (Lipinski definition) is 5. The van der Waals surface area contributed by atoms with Gasteiger partial charge in [0.1, 0.15) is 12.3 Å². The van der Waals surface area contributed by atoms with E-state index in [9.17, 15) is 4.79 Å². The van der Waals surface area contributed by atoms with Crippen molar-refractivity contribution in [3.8, 4) is 18.1 Å². The number of terminal acetylenes is 1. The average molecular weight is 423 g/mol. The van der Waals surface area contributed by atoms with Crippen LogP contribution in [0.5, 0.6) is 5.75 Å². The molecule has 0 radical (unpaired) electrons. The first kappa shape index (κ1) is 25.0. The van der Waals surface area contributed by atoms with Crippen molar-refractivity contribution in [2.75, 3.05) is 18.7 Å². The first-order valence-electron chi connectivity index (χ1n) is 9.67. The number of hydrogen-bond donors (Lipinski definition) is 0. The number of pyridine rings is 1. The molecule has 0 saturated heterocycles. The Labute approximate surface area is 176 Å². The minimum atomic E-state index is -3.59. The minimum Gasteiger partial charge on any atom is -0.497 e. The van der Waals surface area contributed by atoms with E-state index in [1.54, 1.807) is 26.8 Å². The molecule has 0 atom stereocenters. The number of aromatic nitrogens is 1. The number of hydroxylamine groups is 1. The second kappa shape index (κ2) is 8.35. The van der Waals surface area contributed by atoms with Gasteiger partial charge >= 0.3 is 5.97 Å². The molecule has 0 spiro atoms. The van der Waals surface area contributed by atoms with Crippen LogP contribution in [0.1, 0.15) is 62.3 Å². The third-order valence-electron chi connectivity index (χ3n) is 4.81. The topological polar surface area (TPSA) is 51.7 Å². The third-order valence-corrected chi connectivity index (χ3v) is 10.1. The molecule has 0 aliphatic rings. The molecule has 5 nitrogen and oxygen atoms in total. The third kappa shape index (κ3) is 5.10. The molecule has 1 aromatic heterocycles. The molecule has 0 unspecified atom stereocenters. The van der Waals surface area contributed by atoms with Crippen LogP contribution in [0, 0.1) is 17.8 Å². The zero-order valence-electron chi connectivity index (χ0n) is 19.4. The zero-order chi connectivity index (χ0) is 22.8. The predicted molar refractivity (Wildman–Crippen MR) is 118 cm³/mol. The second-order valence-electron chi connectivity index (χ2n) is 10.3. The molecule has 0 amide bonds. The summed E-state index contributed by atoms with van der Waals surface area (Å²) in [5.41, 5.74) is -0.712. The number of methoxy groups -OCH3 is 1. The van der Waals surface area contributed by atoms with Crippen molar-refractivity contribution < 1.29 is 18.5 Å². The molecule has 0 fully saturated rings. The Kier molecular flexibility index (Phi) is 7.19. The SMILES string of the molecule is C#CCN(OC(=O)C(C)(C)C)c1cc(OC)c([Si](F)(C(C)(C)C)C(C)(C)C)cn1. The first-order valence-corrected chi connectivity index (χ1v) is 11.6. The van der Waals surface area contributed by atoms with Crippen molar-refractivity contribution in [3.05, 3.63) is 12.3 Å². The summed E-state index contributed by atoms with van der Waals surface area (Å²) in [6.45, 7) is 16.7. The van der Waals surface area contributed by atoms with Crippen molar-refractivity contribution in [1.82, 2.24) is 4.98 Å². The van der Waals surface area contributed by atoms with Crippen LogP contribution in [0.4, 0.5) is 9.93 Å². The molecule has 162 valence electrons. The van der Waals surface area contributed by atoms with Gasteiger partial charge in [-0.1, -0.05) is 47.5 Å². The standard InChI is InChI=1S/C22H35FN2O3Si/c1-12-13-25(28-19(26)20(2,3)4)18-14-16(27-11)17(15-24-18)29(23,21(5,6)7)22(8,9)10/h1,14-15H,13H2,2-11H3. The highest BCUT2D eigenvalue weighted by Gasteiger charge is 2.58. The Bertz CT molecular complexity index is 769. The number of halogens is 1. The van der Waals surface area contributed by atoms with Crippen LogP contribution in [0.15, 0.2) is 12.3 Å². The van der Waals surface area contributed by atoms with Crippen molar-refractivity contribution >= 4 is 25.4 Å². The fourth-order valence-electron chi connectivity index (χ4n) is 3.40. The van der Waals surface area contributed by atoms with Gasteiger partial charge in [-0.05, 0) is 30.8 Å². The first-order chi connectivity index (χ1) is 13.0. The quantitative estimate of drug-likeness (QED) is 0.296. The molecule has 0 aliphatic heterocycles. The molecule has 0 aliphatic carbocycles. The highest BCUT2D eigenvalue weighted by Crippen LogP contribution is 2.52. The van der Waals surface area contributed by atoms with Gasteiger partial charge < -0.3 is 13.7 Å². The zero-order valence-corrected chi connectivity index (χ0v) is 20.4. The maximum absolute atomic E-state index is 16.7. The summed E-state index contributed by atoms with van der Waals surface area (Å²) in [5, 5.41) is 0.541. The van der Waals surface area contributed by atoms with Crippen LogP contribution in [-0.2, 0) is 9.63 Å². The molecule has 0 bridgehead atoms. The number of nitrogens with zero attached hydrogens (tertiary/aromatic N) is 2. The lowest BCUT2D eigenvalue weighted by Crippen LogP contribution is -2.58. The maximum Gasteiger partial charge on any atom is 0.337 e. The van der Waals surface area contributed by atoms with Crippen LogP contribution in [0.2, 0.25) is 10.1 Å². The number of rotatable bonds is 5. The van der Waals surface area contributed by atoms with Gasteiger partial charge in [0.25, 0.3) is 8.41 Å². The Morgan fingerprint density at radius 2 is 1.69 bits per heavy atom. The van der Waals surface area contributed by atoms with Crippen molar-refractivity contribution in [3.63, 3.8) is 0 Å². The summed E-state index contributed by atoms with van der Waals surface area (Å²) < 4.78 is 22.3. The molecule has 0 N–H and O–H groups in total. The minimum absolute atomic E-state index is 0.00800. The summed E-state index contributed by atoms with van der Waals surface area (Å²) in [6, 6.07) is 1.58. The molecule has 0 saturated carbocycles. The summed E-state index contributed by atoms with van der Waals surface area (Å²) in [4.78, 5) is 22.2. The predicted octanol–water partition coefficient (Wildman–Crippen LogP) is 4.76. The van der Waals surface area contributed by atoms with Crippen LogP contribution >= 0.6 is 0 Å². The van der Waals surface area contributed by atoms with Crippen molar-refractivity contribution in [2.24, 2.45) is 5.41 Å². The Balaban J connectivity index is 3.54. The van der Waals surface area contributed by atoms with Crippen LogP contribution in [0.25, 0.3) is 0 Å². The maximum atomic E-state index is 16.7. The number of anilines is 1. The molecule has 1 heterocycles. The van der Waals surface area contributed by atoms with E-state index < -0.39 is 29.9 Å². The van der Waals surface area contributed by atoms with Crippen LogP contribution in [0.3, 0.4) is 0 Å². The van der Waals surface area contributed by atoms with E-state index >= 15 is 4.11 Å². The van der Waals surface area contributed by atoms with E-state index in [1.807, 2.05) is 41.5 Å². The van der Waals surface area contributed by atoms with E-state index in [0.29, 0.717) is 16.8 Å². The van der Waals surface area contributed by atoms with Gasteiger partial charge in [-0.15, -0.1) is 6.42 Å². The van der Waals surface area contributed by atoms with Gasteiger partial charge in [0.2, 0.25) is 0 Å². The molecular weight excluding hydrogens is 387 g/mol. The van der Waals surface area contributed by atoms with Gasteiger partial charge in [0, 0.05) is 17.4 Å². The lowest BCUT2D eigenvalue weighted by atomic mass is 9.98. The highest BCUT2D eigenvalue weighted by molar-refractivity contribution is 6.91. The second-order valence-corrected chi connectivity index (χ2v) is 15.1. The molecule has 29 heavy (non-hydrogen) atoms. The van der Waals surface area contributed by atoms with E-state index in [4.69, 9.17) is 16.0 Å². The van der Waals surface area contributed by atoms with Gasteiger partial charge in [0.15, 0.2) is 5.82 Å². The summed E-state index contributed by atoms with van der Waals surface area (Å²) in [7, 11) is -2.09. The number of carbonyl (C=O) groups is 1. The average Bonchev–Trinajstić information content (AvgIpc) is 2.57.